The fourth-order valence-corrected chi connectivity index (χ4v) is 5.69. The van der Waals surface area contributed by atoms with Crippen molar-refractivity contribution in [3.63, 3.8) is 0 Å². The molecule has 1 atom stereocenters. The molecule has 0 bridgehead atoms. The highest BCUT2D eigenvalue weighted by molar-refractivity contribution is 7.92. The van der Waals surface area contributed by atoms with Gasteiger partial charge in [0.25, 0.3) is 15.9 Å². The average Bonchev–Trinajstić information content (AvgIpc) is 2.94. The molecule has 176 valence electrons. The van der Waals surface area contributed by atoms with E-state index in [1.54, 1.807) is 53.4 Å². The Bertz CT molecular complexity index is 1290. The van der Waals surface area contributed by atoms with Crippen LogP contribution in [0, 0.1) is 6.92 Å². The van der Waals surface area contributed by atoms with E-state index in [9.17, 15) is 18.0 Å². The van der Waals surface area contributed by atoms with Crippen LogP contribution in [0.3, 0.4) is 0 Å². The monoisotopic (exact) mass is 478 g/mol. The number of rotatable bonds is 6. The van der Waals surface area contributed by atoms with Crippen molar-refractivity contribution < 1.29 is 22.7 Å². The SMILES string of the molecule is CC(=O)OCC1CN(Cc2ccccc2)C(=O)c2ccccc2N1S(=O)(=O)c1ccc(C)cc1. The zero-order valence-corrected chi connectivity index (χ0v) is 19.9. The molecule has 4 rings (SSSR count). The number of benzene rings is 3. The zero-order chi connectivity index (χ0) is 24.3. The topological polar surface area (TPSA) is 84.0 Å². The number of fused-ring (bicyclic) bond motifs is 1. The number of hydrogen-bond donors (Lipinski definition) is 0. The van der Waals surface area contributed by atoms with Crippen LogP contribution in [0.1, 0.15) is 28.4 Å². The number of nitrogens with zero attached hydrogens (tertiary/aromatic N) is 2. The Hall–Kier alpha value is -3.65. The Morgan fingerprint density at radius 3 is 2.29 bits per heavy atom. The average molecular weight is 479 g/mol. The van der Waals surface area contributed by atoms with Crippen molar-refractivity contribution in [1.82, 2.24) is 4.90 Å². The van der Waals surface area contributed by atoms with Gasteiger partial charge in [-0.1, -0.05) is 60.2 Å². The Kier molecular flexibility index (Phi) is 6.70. The van der Waals surface area contributed by atoms with E-state index in [1.165, 1.54) is 11.2 Å². The van der Waals surface area contributed by atoms with Crippen molar-refractivity contribution in [2.24, 2.45) is 0 Å². The lowest BCUT2D eigenvalue weighted by molar-refractivity contribution is -0.141. The summed E-state index contributed by atoms with van der Waals surface area (Å²) in [5.41, 5.74) is 2.38. The van der Waals surface area contributed by atoms with Crippen molar-refractivity contribution in [3.8, 4) is 0 Å². The van der Waals surface area contributed by atoms with Gasteiger partial charge in [-0.3, -0.25) is 13.9 Å². The molecule has 1 unspecified atom stereocenters. The van der Waals surface area contributed by atoms with Crippen molar-refractivity contribution in [3.05, 3.63) is 95.6 Å². The molecule has 3 aromatic carbocycles. The summed E-state index contributed by atoms with van der Waals surface area (Å²) < 4.78 is 34.3. The highest BCUT2D eigenvalue weighted by Crippen LogP contribution is 2.34. The summed E-state index contributed by atoms with van der Waals surface area (Å²) >= 11 is 0. The quantitative estimate of drug-likeness (QED) is 0.504. The Labute approximate surface area is 199 Å². The van der Waals surface area contributed by atoms with Gasteiger partial charge in [-0.15, -0.1) is 0 Å². The normalized spacial score (nSPS) is 16.1. The first-order chi connectivity index (χ1) is 16.3. The molecule has 3 aromatic rings. The minimum atomic E-state index is -4.07. The van der Waals surface area contributed by atoms with Crippen LogP contribution >= 0.6 is 0 Å². The molecule has 0 saturated heterocycles. The van der Waals surface area contributed by atoms with Gasteiger partial charge in [-0.05, 0) is 36.8 Å². The molecule has 8 heteroatoms. The first-order valence-corrected chi connectivity index (χ1v) is 12.4. The molecule has 0 aliphatic carbocycles. The molecule has 34 heavy (non-hydrogen) atoms. The van der Waals surface area contributed by atoms with Crippen molar-refractivity contribution in [2.75, 3.05) is 17.5 Å². The summed E-state index contributed by atoms with van der Waals surface area (Å²) in [4.78, 5) is 26.9. The summed E-state index contributed by atoms with van der Waals surface area (Å²) in [7, 11) is -4.07. The second-order valence-electron chi connectivity index (χ2n) is 8.26. The summed E-state index contributed by atoms with van der Waals surface area (Å²) in [5.74, 6) is -0.806. The van der Waals surface area contributed by atoms with Gasteiger partial charge >= 0.3 is 5.97 Å². The lowest BCUT2D eigenvalue weighted by atomic mass is 10.1. The summed E-state index contributed by atoms with van der Waals surface area (Å²) in [6.45, 7) is 3.31. The second-order valence-corrected chi connectivity index (χ2v) is 10.1. The minimum Gasteiger partial charge on any atom is -0.464 e. The molecular weight excluding hydrogens is 452 g/mol. The summed E-state index contributed by atoms with van der Waals surface area (Å²) in [6, 6.07) is 21.9. The molecular formula is C26H26N2O5S. The molecule has 0 aromatic heterocycles. The van der Waals surface area contributed by atoms with E-state index in [-0.39, 0.29) is 35.2 Å². The predicted molar refractivity (Wildman–Crippen MR) is 129 cm³/mol. The standard InChI is InChI=1S/C26H26N2O5S/c1-19-12-14-23(15-13-19)34(31,32)28-22(18-33-20(2)29)17-27(16-21-8-4-3-5-9-21)26(30)24-10-6-7-11-25(24)28/h3-15,22H,16-18H2,1-2H3. The number of esters is 1. The van der Waals surface area contributed by atoms with E-state index in [4.69, 9.17) is 4.74 Å². The van der Waals surface area contributed by atoms with Crippen molar-refractivity contribution in [1.29, 1.82) is 0 Å². The van der Waals surface area contributed by atoms with Gasteiger partial charge in [-0.2, -0.15) is 0 Å². The van der Waals surface area contributed by atoms with Crippen molar-refractivity contribution >= 4 is 27.6 Å². The third-order valence-corrected chi connectivity index (χ3v) is 7.58. The number of aryl methyl sites for hydroxylation is 1. The van der Waals surface area contributed by atoms with Gasteiger partial charge in [0.05, 0.1) is 22.2 Å². The maximum Gasteiger partial charge on any atom is 0.302 e. The molecule has 1 heterocycles. The van der Waals surface area contributed by atoms with E-state index in [0.29, 0.717) is 6.54 Å². The summed E-state index contributed by atoms with van der Waals surface area (Å²) in [5, 5.41) is 0. The number of hydrogen-bond acceptors (Lipinski definition) is 5. The molecule has 1 amide bonds. The maximum absolute atomic E-state index is 13.9. The third-order valence-electron chi connectivity index (χ3n) is 5.69. The second kappa shape index (κ2) is 9.69. The van der Waals surface area contributed by atoms with Gasteiger partial charge < -0.3 is 9.64 Å². The molecule has 0 radical (unpaired) electrons. The largest absolute Gasteiger partial charge is 0.464 e. The number of sulfonamides is 1. The molecule has 1 aliphatic heterocycles. The van der Waals surface area contributed by atoms with Gasteiger partial charge in [0.15, 0.2) is 0 Å². The first kappa shape index (κ1) is 23.5. The minimum absolute atomic E-state index is 0.0563. The van der Waals surface area contributed by atoms with Crippen molar-refractivity contribution in [2.45, 2.75) is 31.3 Å². The molecule has 1 aliphatic rings. The van der Waals surface area contributed by atoms with Crippen LogP contribution < -0.4 is 4.31 Å². The maximum atomic E-state index is 13.9. The van der Waals surface area contributed by atoms with Crippen LogP contribution in [-0.2, 0) is 26.1 Å². The first-order valence-electron chi connectivity index (χ1n) is 10.9. The number of ether oxygens (including phenoxy) is 1. The highest BCUT2D eigenvalue weighted by Gasteiger charge is 2.40. The van der Waals surface area contributed by atoms with E-state index in [0.717, 1.165) is 11.1 Å². The molecule has 0 fully saturated rings. The molecule has 7 nitrogen and oxygen atoms in total. The Balaban J connectivity index is 1.84. The smallest absolute Gasteiger partial charge is 0.302 e. The highest BCUT2D eigenvalue weighted by atomic mass is 32.2. The summed E-state index contributed by atoms with van der Waals surface area (Å²) in [6.07, 6.45) is 0. The van der Waals surface area contributed by atoms with Gasteiger partial charge in [-0.25, -0.2) is 8.42 Å². The van der Waals surface area contributed by atoms with Crippen LogP contribution in [0.4, 0.5) is 5.69 Å². The van der Waals surface area contributed by atoms with Crippen LogP contribution in [-0.4, -0.2) is 44.4 Å². The number of anilines is 1. The number of carbonyl (C=O) groups excluding carboxylic acids is 2. The molecule has 0 saturated carbocycles. The molecule has 0 spiro atoms. The van der Waals surface area contributed by atoms with E-state index in [1.807, 2.05) is 37.3 Å². The van der Waals surface area contributed by atoms with Crippen LogP contribution in [0.25, 0.3) is 0 Å². The Morgan fingerprint density at radius 2 is 1.62 bits per heavy atom. The van der Waals surface area contributed by atoms with Crippen LogP contribution in [0.15, 0.2) is 83.8 Å². The van der Waals surface area contributed by atoms with Gasteiger partial charge in [0, 0.05) is 20.0 Å². The van der Waals surface area contributed by atoms with Crippen LogP contribution in [0.2, 0.25) is 0 Å². The van der Waals surface area contributed by atoms with E-state index in [2.05, 4.69) is 0 Å². The van der Waals surface area contributed by atoms with E-state index >= 15 is 0 Å². The van der Waals surface area contributed by atoms with Gasteiger partial charge in [0.2, 0.25) is 0 Å². The van der Waals surface area contributed by atoms with E-state index < -0.39 is 22.0 Å². The number of para-hydroxylation sites is 1. The van der Waals surface area contributed by atoms with Gasteiger partial charge in [0.1, 0.15) is 6.61 Å². The number of amides is 1. The lowest BCUT2D eigenvalue weighted by Gasteiger charge is -2.32. The zero-order valence-electron chi connectivity index (χ0n) is 19.0. The fourth-order valence-electron chi connectivity index (χ4n) is 4.05. The third kappa shape index (κ3) is 4.82. The number of carbonyl (C=O) groups is 2. The Morgan fingerprint density at radius 1 is 0.971 bits per heavy atom. The predicted octanol–water partition coefficient (Wildman–Crippen LogP) is 3.78. The van der Waals surface area contributed by atoms with Crippen LogP contribution in [0.5, 0.6) is 0 Å². The lowest BCUT2D eigenvalue weighted by Crippen LogP contribution is -2.48. The molecule has 0 N–H and O–H groups in total. The fraction of sp³-hybridized carbons (Fsp3) is 0.231.